The third kappa shape index (κ3) is 1.48. The molecule has 82 valence electrons. The van der Waals surface area contributed by atoms with E-state index in [1.165, 1.54) is 0 Å². The summed E-state index contributed by atoms with van der Waals surface area (Å²) >= 11 is 0. The first-order valence-electron chi connectivity index (χ1n) is 2.64. The fourth-order valence-corrected chi connectivity index (χ4v) is 1.19. The average molecular weight is 237 g/mol. The second kappa shape index (κ2) is 2.66. The van der Waals surface area contributed by atoms with Gasteiger partial charge in [-0.15, -0.1) is 0 Å². The fourth-order valence-electron chi connectivity index (χ4n) is 0.397. The Morgan fingerprint density at radius 1 is 0.846 bits per heavy atom. The molecule has 10 heteroatoms. The zero-order chi connectivity index (χ0) is 11.2. The molecule has 1 N–H and O–H groups in total. The first-order valence-corrected chi connectivity index (χ1v) is 4.66. The van der Waals surface area contributed by atoms with E-state index in [0.717, 1.165) is 0 Å². The van der Waals surface area contributed by atoms with Crippen LogP contribution in [0.2, 0.25) is 0 Å². The van der Waals surface area contributed by atoms with Gasteiger partial charge in [0.1, 0.15) is 0 Å². The molecule has 0 saturated carbocycles. The van der Waals surface area contributed by atoms with Gasteiger partial charge in [-0.25, -0.2) is 0 Å². The summed E-state index contributed by atoms with van der Waals surface area (Å²) in [5.74, 6) is -13.2. The molecule has 0 rings (SSSR count). The van der Waals surface area contributed by atoms with Crippen LogP contribution in [0.1, 0.15) is 0 Å². The molecule has 0 saturated heterocycles. The molecule has 13 heavy (non-hydrogen) atoms. The quantitative estimate of drug-likeness (QED) is 0.543. The van der Waals surface area contributed by atoms with Crippen LogP contribution in [0, 0.1) is 0 Å². The van der Waals surface area contributed by atoms with Crippen molar-refractivity contribution in [2.75, 3.05) is 7.05 Å². The minimum atomic E-state index is -8.85. The van der Waals surface area contributed by atoms with E-state index in [-0.39, 0.29) is 12.1 Å². The van der Waals surface area contributed by atoms with E-state index in [2.05, 4.69) is 0 Å². The van der Waals surface area contributed by atoms with E-state index < -0.39 is 19.2 Å². The zero-order valence-electron chi connectivity index (χ0n) is 5.97. The summed E-state index contributed by atoms with van der Waals surface area (Å²) in [6, 6.07) is 0. The number of nitrogens with one attached hydrogen (secondary N) is 1. The summed E-state index contributed by atoms with van der Waals surface area (Å²) in [5, 5.41) is 0.0819. The van der Waals surface area contributed by atoms with Crippen molar-refractivity contribution in [1.29, 1.82) is 0 Å². The topological polar surface area (TPSA) is 12.0 Å². The van der Waals surface area contributed by atoms with Gasteiger partial charge in [-0.05, 0) is 0 Å². The van der Waals surface area contributed by atoms with Crippen molar-refractivity contribution in [1.82, 2.24) is 5.09 Å². The molecule has 1 nitrogen and oxygen atoms in total. The fraction of sp³-hybridized carbons (Fsp3) is 1.00. The molecule has 0 bridgehead atoms. The van der Waals surface area contributed by atoms with Crippen molar-refractivity contribution in [2.24, 2.45) is 0 Å². The van der Waals surface area contributed by atoms with E-state index in [1.807, 2.05) is 0 Å². The standard InChI is InChI=1S/C3H4F8NP/c1-12-13(10,11,2(4,5)6)3(7,8)9/h12H,1H3. The van der Waals surface area contributed by atoms with Crippen LogP contribution in [0.5, 0.6) is 0 Å². The maximum absolute atomic E-state index is 12.3. The van der Waals surface area contributed by atoms with Crippen LogP contribution in [0.3, 0.4) is 0 Å². The number of hydrogen-bond donors (Lipinski definition) is 1. The summed E-state index contributed by atoms with van der Waals surface area (Å²) in [6.45, 7) is 0. The molecule has 0 heterocycles. The molecule has 0 spiro atoms. The molecule has 0 aliphatic carbocycles. The van der Waals surface area contributed by atoms with Crippen molar-refractivity contribution >= 4 is 7.38 Å². The van der Waals surface area contributed by atoms with E-state index in [0.29, 0.717) is 0 Å². The van der Waals surface area contributed by atoms with E-state index in [1.54, 1.807) is 0 Å². The Morgan fingerprint density at radius 2 is 1.08 bits per heavy atom. The van der Waals surface area contributed by atoms with Gasteiger partial charge < -0.3 is 0 Å². The van der Waals surface area contributed by atoms with Gasteiger partial charge in [-0.3, -0.25) is 0 Å². The number of alkyl halides is 6. The van der Waals surface area contributed by atoms with Gasteiger partial charge in [0.2, 0.25) is 0 Å². The number of hydrogen-bond acceptors (Lipinski definition) is 1. The van der Waals surface area contributed by atoms with Crippen LogP contribution in [0.15, 0.2) is 0 Å². The second-order valence-corrected chi connectivity index (χ2v) is 5.34. The van der Waals surface area contributed by atoms with Gasteiger partial charge in [0.05, 0.1) is 0 Å². The van der Waals surface area contributed by atoms with Crippen molar-refractivity contribution in [3.63, 3.8) is 0 Å². The minimum absolute atomic E-state index is 0.0706. The molecule has 0 atom stereocenters. The van der Waals surface area contributed by atoms with Crippen molar-refractivity contribution in [3.8, 4) is 0 Å². The molecule has 0 aliphatic rings. The van der Waals surface area contributed by atoms with E-state index in [4.69, 9.17) is 0 Å². The Balaban J connectivity index is 5.50. The molecule has 0 fully saturated rings. The number of halogens is 8. The third-order valence-electron chi connectivity index (χ3n) is 1.28. The Morgan fingerprint density at radius 3 is 1.08 bits per heavy atom. The zero-order valence-corrected chi connectivity index (χ0v) is 6.87. The van der Waals surface area contributed by atoms with Gasteiger partial charge >= 0.3 is 66.1 Å². The van der Waals surface area contributed by atoms with Crippen molar-refractivity contribution < 1.29 is 34.7 Å². The van der Waals surface area contributed by atoms with Gasteiger partial charge in [0.25, 0.3) is 0 Å². The maximum atomic E-state index is 12.3. The Labute approximate surface area is 67.3 Å². The molecule has 0 unspecified atom stereocenters. The normalized spacial score (nSPS) is 18.1. The molecule has 0 aromatic heterocycles. The summed E-state index contributed by atoms with van der Waals surface area (Å²) in [4.78, 5) is 0. The van der Waals surface area contributed by atoms with Crippen molar-refractivity contribution in [2.45, 2.75) is 11.8 Å². The molecule has 0 aromatic carbocycles. The van der Waals surface area contributed by atoms with Crippen LogP contribution < -0.4 is 5.09 Å². The Bertz CT molecular complexity index is 184. The summed E-state index contributed by atoms with van der Waals surface area (Å²) in [6.07, 6.45) is 0. The van der Waals surface area contributed by atoms with Gasteiger partial charge in [0.15, 0.2) is 0 Å². The van der Waals surface area contributed by atoms with Gasteiger partial charge in [-0.1, -0.05) is 0 Å². The van der Waals surface area contributed by atoms with Crippen LogP contribution in [0.25, 0.3) is 0 Å². The summed E-state index contributed by atoms with van der Waals surface area (Å²) in [7, 11) is -8.92. The Hall–Kier alpha value is -0.170. The van der Waals surface area contributed by atoms with Crippen LogP contribution in [-0.4, -0.2) is 18.9 Å². The number of rotatable bonds is 1. The first kappa shape index (κ1) is 12.8. The van der Waals surface area contributed by atoms with E-state index in [9.17, 15) is 34.7 Å². The molecule has 0 radical (unpaired) electrons. The average Bonchev–Trinajstić information content (AvgIpc) is 1.83. The van der Waals surface area contributed by atoms with Crippen LogP contribution >= 0.6 is 7.38 Å². The van der Waals surface area contributed by atoms with Crippen LogP contribution in [0.4, 0.5) is 34.7 Å². The SMILES string of the molecule is CNP(F)(F)(C(F)(F)F)C(F)(F)F. The monoisotopic (exact) mass is 237 g/mol. The molecular formula is C3H4F8NP. The predicted octanol–water partition coefficient (Wildman–Crippen LogP) is 3.48. The van der Waals surface area contributed by atoms with Gasteiger partial charge in [-0.2, -0.15) is 0 Å². The predicted molar refractivity (Wildman–Crippen MR) is 30.3 cm³/mol. The van der Waals surface area contributed by atoms with Crippen molar-refractivity contribution in [3.05, 3.63) is 0 Å². The molecule has 0 aromatic rings. The third-order valence-corrected chi connectivity index (χ3v) is 3.85. The summed E-state index contributed by atoms with van der Waals surface area (Å²) in [5.41, 5.74) is 0. The molecular weight excluding hydrogens is 233 g/mol. The molecule has 0 aliphatic heterocycles. The Kier molecular flexibility index (Phi) is 2.63. The summed E-state index contributed by atoms with van der Waals surface area (Å²) < 4.78 is 93.7. The second-order valence-electron chi connectivity index (χ2n) is 2.07. The first-order chi connectivity index (χ1) is 5.36. The van der Waals surface area contributed by atoms with Crippen LogP contribution in [-0.2, 0) is 0 Å². The molecule has 0 amide bonds. The van der Waals surface area contributed by atoms with Gasteiger partial charge in [0, 0.05) is 0 Å². The van der Waals surface area contributed by atoms with E-state index >= 15 is 0 Å².